The van der Waals surface area contributed by atoms with Crippen molar-refractivity contribution >= 4 is 21.6 Å². The van der Waals surface area contributed by atoms with E-state index in [1.807, 2.05) is 4.57 Å². The van der Waals surface area contributed by atoms with Gasteiger partial charge < -0.3 is 4.57 Å². The van der Waals surface area contributed by atoms with Crippen molar-refractivity contribution in [2.75, 3.05) is 0 Å². The van der Waals surface area contributed by atoms with Crippen LogP contribution in [0.15, 0.2) is 6.33 Å². The average molecular weight is 219 g/mol. The lowest BCUT2D eigenvalue weighted by atomic mass is 10.2. The fourth-order valence-corrected chi connectivity index (χ4v) is 3.52. The SMILES string of the molecule is CCn1cnc2sc3c(c2c1=N)CCC3. The quantitative estimate of drug-likeness (QED) is 0.784. The van der Waals surface area contributed by atoms with Crippen LogP contribution in [0.25, 0.3) is 10.2 Å². The molecule has 0 saturated carbocycles. The molecule has 78 valence electrons. The van der Waals surface area contributed by atoms with Gasteiger partial charge >= 0.3 is 0 Å². The van der Waals surface area contributed by atoms with E-state index >= 15 is 0 Å². The first-order valence-corrected chi connectivity index (χ1v) is 6.17. The van der Waals surface area contributed by atoms with Crippen molar-refractivity contribution in [1.29, 1.82) is 5.41 Å². The summed E-state index contributed by atoms with van der Waals surface area (Å²) in [4.78, 5) is 6.95. The minimum absolute atomic E-state index is 0.641. The Morgan fingerprint density at radius 2 is 2.40 bits per heavy atom. The second-order valence-electron chi connectivity index (χ2n) is 3.92. The molecule has 0 atom stereocenters. The summed E-state index contributed by atoms with van der Waals surface area (Å²) in [5.74, 6) is 0. The minimum atomic E-state index is 0.641. The fraction of sp³-hybridized carbons (Fsp3) is 0.455. The van der Waals surface area contributed by atoms with Gasteiger partial charge in [-0.15, -0.1) is 11.3 Å². The second kappa shape index (κ2) is 3.17. The summed E-state index contributed by atoms with van der Waals surface area (Å²) in [5.41, 5.74) is 2.04. The third-order valence-corrected chi connectivity index (χ3v) is 4.28. The lowest BCUT2D eigenvalue weighted by molar-refractivity contribution is 0.695. The Kier molecular flexibility index (Phi) is 1.92. The highest BCUT2D eigenvalue weighted by Gasteiger charge is 2.19. The number of hydrogen-bond donors (Lipinski definition) is 1. The third-order valence-electron chi connectivity index (χ3n) is 3.08. The van der Waals surface area contributed by atoms with Gasteiger partial charge in [0.2, 0.25) is 0 Å². The molecule has 0 amide bonds. The molecule has 0 spiro atoms. The van der Waals surface area contributed by atoms with Gasteiger partial charge in [0, 0.05) is 11.4 Å². The van der Waals surface area contributed by atoms with Gasteiger partial charge in [0.05, 0.1) is 11.7 Å². The topological polar surface area (TPSA) is 41.7 Å². The maximum Gasteiger partial charge on any atom is 0.136 e. The van der Waals surface area contributed by atoms with Crippen LogP contribution in [-0.4, -0.2) is 9.55 Å². The highest BCUT2D eigenvalue weighted by molar-refractivity contribution is 7.18. The van der Waals surface area contributed by atoms with Crippen LogP contribution < -0.4 is 5.49 Å². The molecule has 0 aliphatic heterocycles. The first-order chi connectivity index (χ1) is 7.31. The normalized spacial score (nSPS) is 14.7. The number of fused-ring (bicyclic) bond motifs is 3. The molecule has 1 aliphatic carbocycles. The summed E-state index contributed by atoms with van der Waals surface area (Å²) in [5, 5.41) is 9.26. The molecule has 2 aromatic rings. The molecule has 1 N–H and O–H groups in total. The summed E-state index contributed by atoms with van der Waals surface area (Å²) in [6.07, 6.45) is 5.35. The smallest absolute Gasteiger partial charge is 0.136 e. The van der Waals surface area contributed by atoms with E-state index in [2.05, 4.69) is 11.9 Å². The van der Waals surface area contributed by atoms with Crippen molar-refractivity contribution < 1.29 is 0 Å². The third kappa shape index (κ3) is 1.17. The van der Waals surface area contributed by atoms with Crippen LogP contribution in [0.5, 0.6) is 0 Å². The van der Waals surface area contributed by atoms with E-state index in [4.69, 9.17) is 5.41 Å². The molecule has 0 unspecified atom stereocenters. The Morgan fingerprint density at radius 3 is 3.20 bits per heavy atom. The van der Waals surface area contributed by atoms with Crippen molar-refractivity contribution in [3.05, 3.63) is 22.3 Å². The zero-order valence-electron chi connectivity index (χ0n) is 8.71. The van der Waals surface area contributed by atoms with Crippen molar-refractivity contribution in [3.63, 3.8) is 0 Å². The summed E-state index contributed by atoms with van der Waals surface area (Å²) in [6, 6.07) is 0. The lowest BCUT2D eigenvalue weighted by Gasteiger charge is -2.03. The molecule has 3 rings (SSSR count). The highest BCUT2D eigenvalue weighted by atomic mass is 32.1. The number of nitrogens with zero attached hydrogens (tertiary/aromatic N) is 2. The van der Waals surface area contributed by atoms with Gasteiger partial charge in [-0.25, -0.2) is 4.98 Å². The van der Waals surface area contributed by atoms with Crippen LogP contribution in [0, 0.1) is 5.41 Å². The highest BCUT2D eigenvalue weighted by Crippen LogP contribution is 2.34. The molecule has 1 aliphatic rings. The zero-order chi connectivity index (χ0) is 10.4. The number of nitrogens with one attached hydrogen (secondary N) is 1. The monoisotopic (exact) mass is 219 g/mol. The molecule has 0 bridgehead atoms. The maximum atomic E-state index is 8.15. The molecule has 0 radical (unpaired) electrons. The second-order valence-corrected chi connectivity index (χ2v) is 5.00. The van der Waals surface area contributed by atoms with Crippen LogP contribution in [0.4, 0.5) is 0 Å². The van der Waals surface area contributed by atoms with Crippen LogP contribution in [0.3, 0.4) is 0 Å². The van der Waals surface area contributed by atoms with Crippen LogP contribution in [-0.2, 0) is 19.4 Å². The van der Waals surface area contributed by atoms with E-state index < -0.39 is 0 Å². The molecule has 0 aromatic carbocycles. The van der Waals surface area contributed by atoms with Crippen molar-refractivity contribution in [2.24, 2.45) is 0 Å². The predicted octanol–water partition coefficient (Wildman–Crippen LogP) is 2.09. The number of aromatic nitrogens is 2. The van der Waals surface area contributed by atoms with Gasteiger partial charge in [-0.3, -0.25) is 5.41 Å². The van der Waals surface area contributed by atoms with Gasteiger partial charge in [0.15, 0.2) is 0 Å². The maximum absolute atomic E-state index is 8.15. The molecule has 3 nitrogen and oxygen atoms in total. The molecule has 2 heterocycles. The van der Waals surface area contributed by atoms with Crippen LogP contribution in [0.2, 0.25) is 0 Å². The van der Waals surface area contributed by atoms with Crippen molar-refractivity contribution in [3.8, 4) is 0 Å². The summed E-state index contributed by atoms with van der Waals surface area (Å²) in [7, 11) is 0. The van der Waals surface area contributed by atoms with E-state index in [0.29, 0.717) is 5.49 Å². The average Bonchev–Trinajstić information content (AvgIpc) is 2.77. The van der Waals surface area contributed by atoms with Gasteiger partial charge in [0.25, 0.3) is 0 Å². The molecule has 2 aromatic heterocycles. The van der Waals surface area contributed by atoms with Crippen LogP contribution >= 0.6 is 11.3 Å². The van der Waals surface area contributed by atoms with Crippen LogP contribution in [0.1, 0.15) is 23.8 Å². The first kappa shape index (κ1) is 9.09. The van der Waals surface area contributed by atoms with Gasteiger partial charge in [-0.1, -0.05) is 0 Å². The summed E-state index contributed by atoms with van der Waals surface area (Å²) >= 11 is 1.78. The minimum Gasteiger partial charge on any atom is -0.317 e. The van der Waals surface area contributed by atoms with E-state index in [-0.39, 0.29) is 0 Å². The molecule has 0 saturated heterocycles. The number of aryl methyl sites for hydroxylation is 3. The lowest BCUT2D eigenvalue weighted by Crippen LogP contribution is -2.19. The molecular formula is C11H13N3S. The number of thiophene rings is 1. The Bertz CT molecular complexity index is 579. The standard InChI is InChI=1S/C11H13N3S/c1-2-14-6-13-11-9(10(14)12)7-4-3-5-8(7)15-11/h6,12H,2-5H2,1H3. The fourth-order valence-electron chi connectivity index (χ4n) is 2.29. The van der Waals surface area contributed by atoms with Gasteiger partial charge in [0.1, 0.15) is 10.3 Å². The van der Waals surface area contributed by atoms with Gasteiger partial charge in [-0.2, -0.15) is 0 Å². The predicted molar refractivity (Wildman–Crippen MR) is 61.2 cm³/mol. The molecule has 0 fully saturated rings. The molecule has 4 heteroatoms. The van der Waals surface area contributed by atoms with E-state index in [1.165, 1.54) is 23.3 Å². The molecule has 15 heavy (non-hydrogen) atoms. The Labute approximate surface area is 91.9 Å². The van der Waals surface area contributed by atoms with Gasteiger partial charge in [-0.05, 0) is 31.7 Å². The first-order valence-electron chi connectivity index (χ1n) is 5.35. The zero-order valence-corrected chi connectivity index (χ0v) is 9.52. The number of rotatable bonds is 1. The summed E-state index contributed by atoms with van der Waals surface area (Å²) < 4.78 is 1.91. The van der Waals surface area contributed by atoms with E-state index in [9.17, 15) is 0 Å². The Morgan fingerprint density at radius 1 is 1.53 bits per heavy atom. The largest absolute Gasteiger partial charge is 0.317 e. The van der Waals surface area contributed by atoms with E-state index in [1.54, 1.807) is 17.7 Å². The van der Waals surface area contributed by atoms with Crippen molar-refractivity contribution in [2.45, 2.75) is 32.7 Å². The summed E-state index contributed by atoms with van der Waals surface area (Å²) in [6.45, 7) is 2.88. The Balaban J connectivity index is 2.43. The molecular weight excluding hydrogens is 206 g/mol. The van der Waals surface area contributed by atoms with Crippen molar-refractivity contribution in [1.82, 2.24) is 9.55 Å². The number of hydrogen-bond acceptors (Lipinski definition) is 3. The Hall–Kier alpha value is -1.16. The van der Waals surface area contributed by atoms with E-state index in [0.717, 1.165) is 23.2 Å².